The van der Waals surface area contributed by atoms with Gasteiger partial charge in [0.15, 0.2) is 5.78 Å². The van der Waals surface area contributed by atoms with Crippen LogP contribution in [0.3, 0.4) is 0 Å². The molecule has 0 saturated carbocycles. The van der Waals surface area contributed by atoms with Crippen molar-refractivity contribution in [3.63, 3.8) is 0 Å². The molecule has 0 unspecified atom stereocenters. The van der Waals surface area contributed by atoms with Gasteiger partial charge in [-0.3, -0.25) is 9.59 Å². The predicted octanol–water partition coefficient (Wildman–Crippen LogP) is 3.68. The number of phenolic OH excluding ortho intramolecular Hbond substituents is 2. The van der Waals surface area contributed by atoms with Gasteiger partial charge in [-0.15, -0.1) is 24.8 Å². The number of ketones is 2. The molecule has 0 amide bonds. The van der Waals surface area contributed by atoms with Gasteiger partial charge in [0.25, 0.3) is 0 Å². The SMILES string of the molecule is CN1CCN(CCCCCCOC(=O)c2cc(O)c3c(c2)C(=O)c2cccc(O)c2C3=O)CC1.Cl.Cl. The molecule has 0 atom stereocenters. The first-order valence-corrected chi connectivity index (χ1v) is 11.7. The zero-order chi connectivity index (χ0) is 24.2. The molecule has 0 radical (unpaired) electrons. The zero-order valence-electron chi connectivity index (χ0n) is 20.2. The van der Waals surface area contributed by atoms with Gasteiger partial charge in [0.2, 0.25) is 5.78 Å². The van der Waals surface area contributed by atoms with Crippen molar-refractivity contribution < 1.29 is 29.3 Å². The van der Waals surface area contributed by atoms with E-state index in [0.29, 0.717) is 0 Å². The van der Waals surface area contributed by atoms with Gasteiger partial charge in [0, 0.05) is 37.3 Å². The molecule has 4 rings (SSSR count). The first-order chi connectivity index (χ1) is 16.4. The third-order valence-electron chi connectivity index (χ3n) is 6.54. The normalized spacial score (nSPS) is 15.4. The summed E-state index contributed by atoms with van der Waals surface area (Å²) in [6.07, 6.45) is 3.86. The number of piperazine rings is 1. The highest BCUT2D eigenvalue weighted by molar-refractivity contribution is 6.30. The maximum atomic E-state index is 12.9. The molecule has 0 bridgehead atoms. The lowest BCUT2D eigenvalue weighted by Gasteiger charge is -2.32. The second kappa shape index (κ2) is 13.1. The number of phenols is 2. The van der Waals surface area contributed by atoms with Crippen LogP contribution in [0.25, 0.3) is 0 Å². The van der Waals surface area contributed by atoms with Gasteiger partial charge in [-0.05, 0) is 44.6 Å². The van der Waals surface area contributed by atoms with Crippen molar-refractivity contribution in [3.05, 3.63) is 58.1 Å². The number of nitrogens with zero attached hydrogens (tertiary/aromatic N) is 2. The summed E-state index contributed by atoms with van der Waals surface area (Å²) in [4.78, 5) is 43.0. The van der Waals surface area contributed by atoms with Crippen molar-refractivity contribution in [1.29, 1.82) is 0 Å². The topological polar surface area (TPSA) is 107 Å². The molecule has 1 fully saturated rings. The van der Waals surface area contributed by atoms with Gasteiger partial charge >= 0.3 is 5.97 Å². The summed E-state index contributed by atoms with van der Waals surface area (Å²) in [6.45, 7) is 5.79. The number of halogens is 2. The highest BCUT2D eigenvalue weighted by Crippen LogP contribution is 2.37. The van der Waals surface area contributed by atoms with E-state index in [1.54, 1.807) is 0 Å². The monoisotopic (exact) mass is 538 g/mol. The van der Waals surface area contributed by atoms with E-state index in [1.807, 2.05) is 0 Å². The Kier molecular flexibility index (Phi) is 10.7. The predicted molar refractivity (Wildman–Crippen MR) is 140 cm³/mol. The minimum Gasteiger partial charge on any atom is -0.507 e. The van der Waals surface area contributed by atoms with E-state index in [4.69, 9.17) is 4.74 Å². The highest BCUT2D eigenvalue weighted by Gasteiger charge is 2.35. The van der Waals surface area contributed by atoms with Crippen LogP contribution in [0.2, 0.25) is 0 Å². The fraction of sp³-hybridized carbons (Fsp3) is 0.423. The Balaban J connectivity index is 0.00000228. The van der Waals surface area contributed by atoms with E-state index in [-0.39, 0.29) is 65.0 Å². The first kappa shape index (κ1) is 29.6. The quantitative estimate of drug-likeness (QED) is 0.330. The van der Waals surface area contributed by atoms with Gasteiger partial charge in [-0.25, -0.2) is 4.79 Å². The molecule has 2 aromatic rings. The van der Waals surface area contributed by atoms with E-state index in [2.05, 4.69) is 16.8 Å². The Morgan fingerprint density at radius 3 is 2.25 bits per heavy atom. The summed E-state index contributed by atoms with van der Waals surface area (Å²) < 4.78 is 5.33. The van der Waals surface area contributed by atoms with Crippen molar-refractivity contribution in [2.75, 3.05) is 46.4 Å². The van der Waals surface area contributed by atoms with Crippen LogP contribution in [0.1, 0.15) is 67.9 Å². The number of hydrogen-bond acceptors (Lipinski definition) is 8. The van der Waals surface area contributed by atoms with Crippen LogP contribution in [0, 0.1) is 0 Å². The summed E-state index contributed by atoms with van der Waals surface area (Å²) in [7, 11) is 2.15. The fourth-order valence-electron chi connectivity index (χ4n) is 4.51. The Labute approximate surface area is 223 Å². The van der Waals surface area contributed by atoms with Crippen LogP contribution in [0.5, 0.6) is 11.5 Å². The smallest absolute Gasteiger partial charge is 0.338 e. The summed E-state index contributed by atoms with van der Waals surface area (Å²) in [5.74, 6) is -2.66. The van der Waals surface area contributed by atoms with Crippen LogP contribution in [-0.2, 0) is 4.74 Å². The van der Waals surface area contributed by atoms with Gasteiger partial charge in [-0.2, -0.15) is 0 Å². The molecule has 0 aromatic heterocycles. The molecule has 10 heteroatoms. The molecule has 36 heavy (non-hydrogen) atoms. The van der Waals surface area contributed by atoms with Crippen LogP contribution >= 0.6 is 24.8 Å². The third-order valence-corrected chi connectivity index (χ3v) is 6.54. The largest absolute Gasteiger partial charge is 0.507 e. The van der Waals surface area contributed by atoms with Crippen LogP contribution in [0.15, 0.2) is 30.3 Å². The maximum absolute atomic E-state index is 12.9. The zero-order valence-corrected chi connectivity index (χ0v) is 21.8. The fourth-order valence-corrected chi connectivity index (χ4v) is 4.51. The van der Waals surface area contributed by atoms with Crippen LogP contribution in [-0.4, -0.2) is 83.9 Å². The van der Waals surface area contributed by atoms with Crippen molar-refractivity contribution in [2.24, 2.45) is 0 Å². The average molecular weight is 539 g/mol. The molecule has 1 aliphatic heterocycles. The minimum atomic E-state index is -0.656. The van der Waals surface area contributed by atoms with E-state index < -0.39 is 23.3 Å². The second-order valence-electron chi connectivity index (χ2n) is 8.97. The summed E-state index contributed by atoms with van der Waals surface area (Å²) >= 11 is 0. The second-order valence-corrected chi connectivity index (χ2v) is 8.97. The summed E-state index contributed by atoms with van der Waals surface area (Å²) in [5, 5.41) is 20.4. The van der Waals surface area contributed by atoms with Gasteiger partial charge in [-0.1, -0.05) is 25.0 Å². The molecule has 1 saturated heterocycles. The molecule has 8 nitrogen and oxygen atoms in total. The number of carbonyl (C=O) groups excluding carboxylic acids is 3. The molecule has 1 aliphatic carbocycles. The Bertz CT molecular complexity index is 1120. The van der Waals surface area contributed by atoms with Crippen molar-refractivity contribution in [2.45, 2.75) is 25.7 Å². The maximum Gasteiger partial charge on any atom is 0.338 e. The average Bonchev–Trinajstić information content (AvgIpc) is 2.82. The standard InChI is InChI=1S/C26H30N2O6.2ClH/c1-27-10-12-28(13-11-27)9-4-2-3-5-14-34-26(33)17-15-19-23(21(30)16-17)25(32)22-18(24(19)31)7-6-8-20(22)29;;/h6-8,15-16,29-30H,2-5,9-14H2,1H3;2*1H. The number of unbranched alkanes of at least 4 members (excludes halogenated alkanes) is 3. The van der Waals surface area contributed by atoms with Gasteiger partial charge < -0.3 is 24.7 Å². The van der Waals surface area contributed by atoms with E-state index >= 15 is 0 Å². The number of hydrogen-bond donors (Lipinski definition) is 2. The summed E-state index contributed by atoms with van der Waals surface area (Å²) in [5.41, 5.74) is -0.372. The molecule has 0 spiro atoms. The van der Waals surface area contributed by atoms with Crippen LogP contribution < -0.4 is 0 Å². The number of benzene rings is 2. The van der Waals surface area contributed by atoms with E-state index in [9.17, 15) is 24.6 Å². The number of aromatic hydroxyl groups is 2. The Morgan fingerprint density at radius 1 is 0.861 bits per heavy atom. The van der Waals surface area contributed by atoms with Gasteiger partial charge in [0.05, 0.1) is 23.3 Å². The van der Waals surface area contributed by atoms with Crippen LogP contribution in [0.4, 0.5) is 0 Å². The van der Waals surface area contributed by atoms with E-state index in [1.165, 1.54) is 24.3 Å². The van der Waals surface area contributed by atoms with E-state index in [0.717, 1.165) is 64.5 Å². The molecule has 2 aliphatic rings. The molecular weight excluding hydrogens is 507 g/mol. The molecule has 2 N–H and O–H groups in total. The number of esters is 1. The number of fused-ring (bicyclic) bond motifs is 2. The number of rotatable bonds is 8. The lowest BCUT2D eigenvalue weighted by Crippen LogP contribution is -2.44. The highest BCUT2D eigenvalue weighted by atomic mass is 35.5. The van der Waals surface area contributed by atoms with Crippen molar-refractivity contribution in [1.82, 2.24) is 9.80 Å². The number of carbonyl (C=O) groups is 3. The Morgan fingerprint density at radius 2 is 1.53 bits per heavy atom. The first-order valence-electron chi connectivity index (χ1n) is 11.7. The lowest BCUT2D eigenvalue weighted by molar-refractivity contribution is 0.0496. The van der Waals surface area contributed by atoms with Crippen molar-refractivity contribution >= 4 is 42.3 Å². The number of ether oxygens (including phenoxy) is 1. The number of likely N-dealkylation sites (N-methyl/N-ethyl adjacent to an activating group) is 1. The molecule has 196 valence electrons. The third kappa shape index (κ3) is 6.37. The molecular formula is C26H32Cl2N2O6. The summed E-state index contributed by atoms with van der Waals surface area (Å²) in [6, 6.07) is 6.62. The van der Waals surface area contributed by atoms with Gasteiger partial charge in [0.1, 0.15) is 11.5 Å². The molecule has 1 heterocycles. The molecule has 2 aromatic carbocycles. The minimum absolute atomic E-state index is 0. The lowest BCUT2D eigenvalue weighted by atomic mass is 9.82. The Hall–Kier alpha value is -2.65. The van der Waals surface area contributed by atoms with Crippen molar-refractivity contribution in [3.8, 4) is 11.5 Å².